The lowest BCUT2D eigenvalue weighted by Gasteiger charge is -2.09. The fourth-order valence-corrected chi connectivity index (χ4v) is 3.48. The van der Waals surface area contributed by atoms with Gasteiger partial charge in [0.2, 0.25) is 0 Å². The second-order valence-electron chi connectivity index (χ2n) is 5.95. The van der Waals surface area contributed by atoms with Crippen molar-refractivity contribution >= 4 is 60.1 Å². The minimum Gasteiger partial charge on any atom is -0.338 e. The number of nitrogens with zero attached hydrogens (tertiary/aromatic N) is 4. The Labute approximate surface area is 151 Å². The molecular weight excluding hydrogens is 380 g/mol. The monoisotopic (exact) mass is 392 g/mol. The number of hydrogen-bond donors (Lipinski definition) is 2. The first kappa shape index (κ1) is 14.4. The highest BCUT2D eigenvalue weighted by atomic mass is 79.9. The van der Waals surface area contributed by atoms with Gasteiger partial charge in [-0.15, -0.1) is 0 Å². The number of aromatic nitrogens is 5. The van der Waals surface area contributed by atoms with E-state index < -0.39 is 0 Å². The number of aromatic amines is 1. The van der Waals surface area contributed by atoms with Crippen LogP contribution in [0.4, 0.5) is 11.5 Å². The molecule has 0 fully saturated rings. The maximum absolute atomic E-state index is 4.78. The van der Waals surface area contributed by atoms with E-state index in [1.165, 1.54) is 0 Å². The summed E-state index contributed by atoms with van der Waals surface area (Å²) < 4.78 is 2.88. The van der Waals surface area contributed by atoms with E-state index in [-0.39, 0.29) is 0 Å². The van der Waals surface area contributed by atoms with Crippen LogP contribution in [0.15, 0.2) is 53.3 Å². The number of H-pyrrole nitrogens is 1. The molecule has 0 radical (unpaired) electrons. The minimum atomic E-state index is 0.754. The van der Waals surface area contributed by atoms with Crippen molar-refractivity contribution in [2.75, 3.05) is 5.32 Å². The molecule has 0 spiro atoms. The van der Waals surface area contributed by atoms with Gasteiger partial charge in [-0.05, 0) is 36.4 Å². The summed E-state index contributed by atoms with van der Waals surface area (Å²) in [5, 5.41) is 18.2. The average molecular weight is 393 g/mol. The van der Waals surface area contributed by atoms with Gasteiger partial charge in [-0.25, -0.2) is 4.98 Å². The first-order valence-electron chi connectivity index (χ1n) is 7.80. The minimum absolute atomic E-state index is 0.754. The van der Waals surface area contributed by atoms with Crippen molar-refractivity contribution in [2.45, 2.75) is 0 Å². The standard InChI is InChI=1S/C18H13BrN6/c1-25-16-7-12(4-2-10(16)8-21-25)22-18-17-14(9-20-24-17)13-6-11(19)3-5-15(13)23-18/h2-9H,1H3,(H,20,24)(H,22,23). The number of rotatable bonds is 2. The number of anilines is 2. The second kappa shape index (κ2) is 5.29. The van der Waals surface area contributed by atoms with Gasteiger partial charge in [0.25, 0.3) is 0 Å². The molecule has 3 aromatic heterocycles. The molecule has 5 aromatic rings. The van der Waals surface area contributed by atoms with E-state index in [1.807, 2.05) is 48.4 Å². The Morgan fingerprint density at radius 2 is 2.00 bits per heavy atom. The van der Waals surface area contributed by atoms with Crippen LogP contribution in [0.2, 0.25) is 0 Å². The van der Waals surface area contributed by atoms with E-state index in [4.69, 9.17) is 4.98 Å². The van der Waals surface area contributed by atoms with Gasteiger partial charge in [0.15, 0.2) is 5.82 Å². The Morgan fingerprint density at radius 1 is 1.08 bits per heavy atom. The van der Waals surface area contributed by atoms with Gasteiger partial charge in [-0.3, -0.25) is 9.78 Å². The molecule has 0 aliphatic carbocycles. The van der Waals surface area contributed by atoms with Crippen LogP contribution in [0.1, 0.15) is 0 Å². The third kappa shape index (κ3) is 2.27. The lowest BCUT2D eigenvalue weighted by atomic mass is 10.1. The van der Waals surface area contributed by atoms with E-state index in [9.17, 15) is 0 Å². The van der Waals surface area contributed by atoms with Crippen LogP contribution >= 0.6 is 15.9 Å². The van der Waals surface area contributed by atoms with E-state index in [0.29, 0.717) is 0 Å². The van der Waals surface area contributed by atoms with Gasteiger partial charge in [0, 0.05) is 33.4 Å². The SMILES string of the molecule is Cn1ncc2ccc(Nc3nc4ccc(Br)cc4c4cn[nH]c34)cc21. The maximum atomic E-state index is 4.78. The van der Waals surface area contributed by atoms with E-state index in [0.717, 1.165) is 48.7 Å². The Morgan fingerprint density at radius 3 is 2.92 bits per heavy atom. The number of benzene rings is 2. The highest BCUT2D eigenvalue weighted by Gasteiger charge is 2.11. The predicted molar refractivity (Wildman–Crippen MR) is 103 cm³/mol. The summed E-state index contributed by atoms with van der Waals surface area (Å²) >= 11 is 3.52. The molecule has 0 amide bonds. The van der Waals surface area contributed by atoms with Gasteiger partial charge in [-0.1, -0.05) is 15.9 Å². The van der Waals surface area contributed by atoms with Crippen LogP contribution in [-0.2, 0) is 7.05 Å². The summed E-state index contributed by atoms with van der Waals surface area (Å²) in [4.78, 5) is 4.78. The predicted octanol–water partition coefficient (Wildman–Crippen LogP) is 4.50. The zero-order chi connectivity index (χ0) is 17.0. The number of pyridine rings is 1. The molecule has 3 heterocycles. The molecule has 2 aromatic carbocycles. The molecule has 0 saturated carbocycles. The number of nitrogens with one attached hydrogen (secondary N) is 2. The highest BCUT2D eigenvalue weighted by Crippen LogP contribution is 2.31. The van der Waals surface area contributed by atoms with Crippen molar-refractivity contribution in [2.24, 2.45) is 7.05 Å². The van der Waals surface area contributed by atoms with E-state index in [1.54, 1.807) is 0 Å². The Balaban J connectivity index is 1.69. The fourth-order valence-electron chi connectivity index (χ4n) is 3.12. The summed E-state index contributed by atoms with van der Waals surface area (Å²) in [6.07, 6.45) is 3.69. The van der Waals surface area contributed by atoms with Crippen LogP contribution in [0.5, 0.6) is 0 Å². The van der Waals surface area contributed by atoms with Crippen molar-refractivity contribution in [1.29, 1.82) is 0 Å². The molecule has 6 nitrogen and oxygen atoms in total. The quantitative estimate of drug-likeness (QED) is 0.463. The highest BCUT2D eigenvalue weighted by molar-refractivity contribution is 9.10. The number of fused-ring (bicyclic) bond motifs is 4. The molecule has 25 heavy (non-hydrogen) atoms. The Hall–Kier alpha value is -2.93. The molecule has 5 rings (SSSR count). The van der Waals surface area contributed by atoms with Crippen molar-refractivity contribution in [3.05, 3.63) is 53.3 Å². The largest absolute Gasteiger partial charge is 0.338 e. The molecule has 0 bridgehead atoms. The molecule has 0 aliphatic rings. The normalized spacial score (nSPS) is 11.6. The first-order chi connectivity index (χ1) is 12.2. The molecular formula is C18H13BrN6. The molecule has 0 atom stereocenters. The Kier molecular flexibility index (Phi) is 3.05. The van der Waals surface area contributed by atoms with Crippen molar-refractivity contribution in [3.8, 4) is 0 Å². The number of halogens is 1. The summed E-state index contributed by atoms with van der Waals surface area (Å²) in [5.74, 6) is 0.754. The van der Waals surface area contributed by atoms with Crippen molar-refractivity contribution in [1.82, 2.24) is 25.0 Å². The average Bonchev–Trinajstić information content (AvgIpc) is 3.24. The molecule has 2 N–H and O–H groups in total. The zero-order valence-corrected chi connectivity index (χ0v) is 14.9. The zero-order valence-electron chi connectivity index (χ0n) is 13.3. The molecule has 0 saturated heterocycles. The Bertz CT molecular complexity index is 1250. The smallest absolute Gasteiger partial charge is 0.157 e. The molecule has 0 aliphatic heterocycles. The number of hydrogen-bond acceptors (Lipinski definition) is 4. The van der Waals surface area contributed by atoms with E-state index >= 15 is 0 Å². The van der Waals surface area contributed by atoms with Crippen LogP contribution in [-0.4, -0.2) is 25.0 Å². The third-order valence-electron chi connectivity index (χ3n) is 4.37. The third-order valence-corrected chi connectivity index (χ3v) is 4.86. The second-order valence-corrected chi connectivity index (χ2v) is 6.86. The number of aryl methyl sites for hydroxylation is 1. The van der Waals surface area contributed by atoms with Crippen molar-refractivity contribution in [3.63, 3.8) is 0 Å². The van der Waals surface area contributed by atoms with Gasteiger partial charge in [-0.2, -0.15) is 10.2 Å². The van der Waals surface area contributed by atoms with Crippen LogP contribution < -0.4 is 5.32 Å². The summed E-state index contributed by atoms with van der Waals surface area (Å²) in [6.45, 7) is 0. The summed E-state index contributed by atoms with van der Waals surface area (Å²) in [5.41, 5.74) is 3.82. The summed E-state index contributed by atoms with van der Waals surface area (Å²) in [6, 6.07) is 12.2. The molecule has 0 unspecified atom stereocenters. The maximum Gasteiger partial charge on any atom is 0.157 e. The van der Waals surface area contributed by atoms with Gasteiger partial charge >= 0.3 is 0 Å². The van der Waals surface area contributed by atoms with Crippen LogP contribution in [0.25, 0.3) is 32.7 Å². The summed E-state index contributed by atoms with van der Waals surface area (Å²) in [7, 11) is 1.94. The van der Waals surface area contributed by atoms with Crippen LogP contribution in [0, 0.1) is 0 Å². The van der Waals surface area contributed by atoms with Gasteiger partial charge in [0.1, 0.15) is 5.52 Å². The fraction of sp³-hybridized carbons (Fsp3) is 0.0556. The van der Waals surface area contributed by atoms with E-state index in [2.05, 4.69) is 48.7 Å². The lowest BCUT2D eigenvalue weighted by molar-refractivity contribution is 0.797. The topological polar surface area (TPSA) is 71.4 Å². The van der Waals surface area contributed by atoms with Gasteiger partial charge < -0.3 is 5.32 Å². The first-order valence-corrected chi connectivity index (χ1v) is 8.59. The van der Waals surface area contributed by atoms with Gasteiger partial charge in [0.05, 0.1) is 23.4 Å². The molecule has 122 valence electrons. The van der Waals surface area contributed by atoms with Crippen LogP contribution in [0.3, 0.4) is 0 Å². The molecule has 7 heteroatoms. The van der Waals surface area contributed by atoms with Crippen molar-refractivity contribution < 1.29 is 0 Å². The lowest BCUT2D eigenvalue weighted by Crippen LogP contribution is -1.97.